The normalized spacial score (nSPS) is 11.1. The fourth-order valence-electron chi connectivity index (χ4n) is 1.99. The van der Waals surface area contributed by atoms with Crippen LogP contribution in [0.2, 0.25) is 0 Å². The molecule has 0 amide bonds. The highest BCUT2D eigenvalue weighted by Gasteiger charge is 2.11. The van der Waals surface area contributed by atoms with Gasteiger partial charge in [0.2, 0.25) is 0 Å². The molecule has 106 valence electrons. The summed E-state index contributed by atoms with van der Waals surface area (Å²) in [6, 6.07) is 9.47. The average molecular weight is 340 g/mol. The Bertz CT molecular complexity index is 611. The first-order valence-corrected chi connectivity index (χ1v) is 7.24. The fourth-order valence-corrected chi connectivity index (χ4v) is 2.35. The van der Waals surface area contributed by atoms with E-state index in [0.29, 0.717) is 17.7 Å². The van der Waals surface area contributed by atoms with Crippen molar-refractivity contribution in [1.29, 1.82) is 0 Å². The van der Waals surface area contributed by atoms with Gasteiger partial charge in [0.05, 0.1) is 0 Å². The maximum atomic E-state index is 14.0. The van der Waals surface area contributed by atoms with Crippen LogP contribution in [0.1, 0.15) is 19.4 Å². The molecule has 0 atom stereocenters. The number of halogens is 3. The summed E-state index contributed by atoms with van der Waals surface area (Å²) >= 11 is 3.34. The Hall–Kier alpha value is -1.26. The monoisotopic (exact) mass is 339 g/mol. The summed E-state index contributed by atoms with van der Waals surface area (Å²) in [6.45, 7) is 4.52. The highest BCUT2D eigenvalue weighted by atomic mass is 79.9. The molecule has 0 fully saturated rings. The molecule has 2 aromatic rings. The van der Waals surface area contributed by atoms with Gasteiger partial charge in [-0.05, 0) is 41.5 Å². The van der Waals surface area contributed by atoms with E-state index < -0.39 is 0 Å². The molecule has 0 saturated heterocycles. The minimum absolute atomic E-state index is 0.276. The predicted octanol–water partition coefficient (Wildman–Crippen LogP) is 4.89. The summed E-state index contributed by atoms with van der Waals surface area (Å²) in [5, 5.41) is 3.23. The zero-order chi connectivity index (χ0) is 14.7. The Morgan fingerprint density at radius 1 is 1.05 bits per heavy atom. The minimum Gasteiger partial charge on any atom is -0.310 e. The van der Waals surface area contributed by atoms with Gasteiger partial charge in [-0.25, -0.2) is 8.78 Å². The smallest absolute Gasteiger partial charge is 0.131 e. The molecule has 1 N–H and O–H groups in total. The van der Waals surface area contributed by atoms with Gasteiger partial charge in [0.15, 0.2) is 0 Å². The third kappa shape index (κ3) is 3.64. The number of hydrogen-bond acceptors (Lipinski definition) is 1. The molecule has 0 radical (unpaired) electrons. The summed E-state index contributed by atoms with van der Waals surface area (Å²) in [4.78, 5) is 0. The highest BCUT2D eigenvalue weighted by molar-refractivity contribution is 9.10. The van der Waals surface area contributed by atoms with Crippen LogP contribution in [0.3, 0.4) is 0 Å². The lowest BCUT2D eigenvalue weighted by atomic mass is 9.99. The molecule has 0 spiro atoms. The Balaban J connectivity index is 2.47. The lowest BCUT2D eigenvalue weighted by Crippen LogP contribution is -2.22. The molecule has 2 rings (SSSR count). The fraction of sp³-hybridized carbons (Fsp3) is 0.250. The van der Waals surface area contributed by atoms with Gasteiger partial charge in [-0.1, -0.05) is 35.8 Å². The van der Waals surface area contributed by atoms with Gasteiger partial charge < -0.3 is 5.32 Å². The number of hydrogen-bond donors (Lipinski definition) is 1. The van der Waals surface area contributed by atoms with E-state index in [1.54, 1.807) is 18.2 Å². The predicted molar refractivity (Wildman–Crippen MR) is 81.5 cm³/mol. The van der Waals surface area contributed by atoms with E-state index in [1.165, 1.54) is 18.2 Å². The maximum Gasteiger partial charge on any atom is 0.131 e. The van der Waals surface area contributed by atoms with E-state index in [1.807, 2.05) is 13.8 Å². The van der Waals surface area contributed by atoms with E-state index in [0.717, 1.165) is 10.0 Å². The molecule has 1 nitrogen and oxygen atoms in total. The molecule has 0 aliphatic heterocycles. The largest absolute Gasteiger partial charge is 0.310 e. The van der Waals surface area contributed by atoms with Crippen LogP contribution in [0.15, 0.2) is 40.9 Å². The molecule has 2 aromatic carbocycles. The number of nitrogens with one attached hydrogen (secondary N) is 1. The van der Waals surface area contributed by atoms with E-state index in [9.17, 15) is 8.78 Å². The lowest BCUT2D eigenvalue weighted by molar-refractivity contribution is 0.581. The van der Waals surface area contributed by atoms with Gasteiger partial charge in [0.25, 0.3) is 0 Å². The molecular formula is C16H16BrF2N. The van der Waals surface area contributed by atoms with Crippen LogP contribution < -0.4 is 5.32 Å². The lowest BCUT2D eigenvalue weighted by Gasteiger charge is -2.14. The SMILES string of the molecule is CC(C)NCc1cc(F)ccc1-c1cc(Br)ccc1F. The average Bonchev–Trinajstić information content (AvgIpc) is 2.39. The second-order valence-corrected chi connectivity index (χ2v) is 5.88. The van der Waals surface area contributed by atoms with Crippen molar-refractivity contribution in [3.8, 4) is 11.1 Å². The van der Waals surface area contributed by atoms with Crippen molar-refractivity contribution in [3.05, 3.63) is 58.1 Å². The molecule has 0 bridgehead atoms. The Kier molecular flexibility index (Phi) is 4.89. The second-order valence-electron chi connectivity index (χ2n) is 4.96. The van der Waals surface area contributed by atoms with Crippen LogP contribution in [0.25, 0.3) is 11.1 Å². The zero-order valence-corrected chi connectivity index (χ0v) is 13.0. The highest BCUT2D eigenvalue weighted by Crippen LogP contribution is 2.29. The third-order valence-electron chi connectivity index (χ3n) is 2.99. The van der Waals surface area contributed by atoms with Gasteiger partial charge in [-0.2, -0.15) is 0 Å². The summed E-state index contributed by atoms with van der Waals surface area (Å²) in [5.41, 5.74) is 1.92. The summed E-state index contributed by atoms with van der Waals surface area (Å²) < 4.78 is 28.2. The summed E-state index contributed by atoms with van der Waals surface area (Å²) in [7, 11) is 0. The first-order chi connectivity index (χ1) is 9.47. The van der Waals surface area contributed by atoms with Crippen molar-refractivity contribution in [2.24, 2.45) is 0 Å². The van der Waals surface area contributed by atoms with Crippen molar-refractivity contribution in [1.82, 2.24) is 5.32 Å². The minimum atomic E-state index is -0.315. The molecule has 0 unspecified atom stereocenters. The molecule has 0 heterocycles. The van der Waals surface area contributed by atoms with Gasteiger partial charge in [-0.15, -0.1) is 0 Å². The molecule has 0 aliphatic carbocycles. The Morgan fingerprint density at radius 3 is 2.50 bits per heavy atom. The van der Waals surface area contributed by atoms with Gasteiger partial charge in [0.1, 0.15) is 11.6 Å². The van der Waals surface area contributed by atoms with Crippen molar-refractivity contribution >= 4 is 15.9 Å². The topological polar surface area (TPSA) is 12.0 Å². The molecule has 0 aliphatic rings. The van der Waals surface area contributed by atoms with Gasteiger partial charge in [0, 0.05) is 22.6 Å². The van der Waals surface area contributed by atoms with E-state index in [2.05, 4.69) is 21.2 Å². The number of benzene rings is 2. The zero-order valence-electron chi connectivity index (χ0n) is 11.4. The molecular weight excluding hydrogens is 324 g/mol. The van der Waals surface area contributed by atoms with Crippen molar-refractivity contribution in [2.75, 3.05) is 0 Å². The summed E-state index contributed by atoms with van der Waals surface area (Å²) in [5.74, 6) is -0.629. The van der Waals surface area contributed by atoms with Crippen LogP contribution in [-0.2, 0) is 6.54 Å². The summed E-state index contributed by atoms with van der Waals surface area (Å²) in [6.07, 6.45) is 0. The Labute approximate surface area is 126 Å². The van der Waals surface area contributed by atoms with E-state index in [4.69, 9.17) is 0 Å². The standard InChI is InChI=1S/C16H16BrF2N/c1-10(2)20-9-11-7-13(18)4-5-14(11)15-8-12(17)3-6-16(15)19/h3-8,10,20H,9H2,1-2H3. The molecule has 20 heavy (non-hydrogen) atoms. The third-order valence-corrected chi connectivity index (χ3v) is 3.48. The molecule has 0 aromatic heterocycles. The van der Waals surface area contributed by atoms with Crippen LogP contribution in [-0.4, -0.2) is 6.04 Å². The second kappa shape index (κ2) is 6.46. The van der Waals surface area contributed by atoms with Crippen molar-refractivity contribution in [2.45, 2.75) is 26.4 Å². The quantitative estimate of drug-likeness (QED) is 0.835. The first kappa shape index (κ1) is 15.1. The number of rotatable bonds is 4. The van der Waals surface area contributed by atoms with Crippen molar-refractivity contribution < 1.29 is 8.78 Å². The first-order valence-electron chi connectivity index (χ1n) is 6.44. The van der Waals surface area contributed by atoms with E-state index in [-0.39, 0.29) is 17.7 Å². The van der Waals surface area contributed by atoms with E-state index >= 15 is 0 Å². The van der Waals surface area contributed by atoms with Crippen LogP contribution >= 0.6 is 15.9 Å². The van der Waals surface area contributed by atoms with Gasteiger partial charge >= 0.3 is 0 Å². The molecule has 4 heteroatoms. The van der Waals surface area contributed by atoms with Crippen LogP contribution in [0.4, 0.5) is 8.78 Å². The Morgan fingerprint density at radius 2 is 1.80 bits per heavy atom. The van der Waals surface area contributed by atoms with Crippen molar-refractivity contribution in [3.63, 3.8) is 0 Å². The molecule has 0 saturated carbocycles. The van der Waals surface area contributed by atoms with Gasteiger partial charge in [-0.3, -0.25) is 0 Å². The maximum absolute atomic E-state index is 14.0. The van der Waals surface area contributed by atoms with Crippen LogP contribution in [0, 0.1) is 11.6 Å². The van der Waals surface area contributed by atoms with Crippen LogP contribution in [0.5, 0.6) is 0 Å².